The minimum absolute atomic E-state index is 0.175. The number of carbonyl (C=O) groups is 1. The molecule has 1 heterocycles. The van der Waals surface area contributed by atoms with Crippen molar-refractivity contribution in [1.29, 1.82) is 0 Å². The van der Waals surface area contributed by atoms with Crippen molar-refractivity contribution >= 4 is 5.91 Å². The van der Waals surface area contributed by atoms with E-state index in [-0.39, 0.29) is 29.9 Å². The van der Waals surface area contributed by atoms with E-state index in [0.29, 0.717) is 24.4 Å². The quantitative estimate of drug-likeness (QED) is 0.746. The average molecular weight is 343 g/mol. The number of nitrogens with one attached hydrogen (secondary N) is 1. The molecule has 0 saturated heterocycles. The number of hydrogen-bond donors (Lipinski definition) is 1. The molecule has 3 rings (SSSR count). The minimum Gasteiger partial charge on any atom is -0.421 e. The fourth-order valence-electron chi connectivity index (χ4n) is 2.18. The van der Waals surface area contributed by atoms with Crippen LogP contribution in [0, 0.1) is 11.6 Å². The molecular weight excluding hydrogens is 328 g/mol. The first-order valence-electron chi connectivity index (χ1n) is 7.69. The van der Waals surface area contributed by atoms with Crippen LogP contribution in [-0.2, 0) is 17.8 Å². The van der Waals surface area contributed by atoms with Gasteiger partial charge in [0.15, 0.2) is 0 Å². The Kier molecular flexibility index (Phi) is 5.13. The van der Waals surface area contributed by atoms with E-state index < -0.39 is 0 Å². The predicted molar refractivity (Wildman–Crippen MR) is 86.3 cm³/mol. The highest BCUT2D eigenvalue weighted by molar-refractivity contribution is 5.76. The van der Waals surface area contributed by atoms with Crippen molar-refractivity contribution in [3.63, 3.8) is 0 Å². The normalized spacial score (nSPS) is 10.6. The Hall–Kier alpha value is -3.09. The van der Waals surface area contributed by atoms with Gasteiger partial charge in [0.1, 0.15) is 11.6 Å². The molecule has 0 atom stereocenters. The first-order valence-corrected chi connectivity index (χ1v) is 7.69. The van der Waals surface area contributed by atoms with Crippen LogP contribution in [0.5, 0.6) is 0 Å². The van der Waals surface area contributed by atoms with Gasteiger partial charge in [-0.15, -0.1) is 10.2 Å². The van der Waals surface area contributed by atoms with Crippen LogP contribution in [-0.4, -0.2) is 16.1 Å². The van der Waals surface area contributed by atoms with Gasteiger partial charge in [-0.05, 0) is 42.0 Å². The Labute approximate surface area is 142 Å². The van der Waals surface area contributed by atoms with Crippen molar-refractivity contribution in [2.24, 2.45) is 0 Å². The smallest absolute Gasteiger partial charge is 0.247 e. The maximum atomic E-state index is 12.9. The average Bonchev–Trinajstić information content (AvgIpc) is 3.09. The van der Waals surface area contributed by atoms with Gasteiger partial charge in [-0.25, -0.2) is 8.78 Å². The van der Waals surface area contributed by atoms with Crippen LogP contribution < -0.4 is 5.32 Å². The highest BCUT2D eigenvalue weighted by Gasteiger charge is 2.10. The Balaban J connectivity index is 1.49. The van der Waals surface area contributed by atoms with Crippen molar-refractivity contribution in [2.75, 3.05) is 0 Å². The molecule has 7 heteroatoms. The molecule has 1 N–H and O–H groups in total. The molecule has 0 spiro atoms. The third-order valence-corrected chi connectivity index (χ3v) is 3.53. The Bertz CT molecular complexity index is 846. The molecule has 0 saturated carbocycles. The topological polar surface area (TPSA) is 68.0 Å². The number of halogens is 2. The SMILES string of the molecule is O=C(CCc1nnc(-c2ccc(F)cc2)o1)NCc1ccc(F)cc1. The molecule has 1 amide bonds. The zero-order valence-electron chi connectivity index (χ0n) is 13.2. The standard InChI is InChI=1S/C18H15F2N3O2/c19-14-5-1-12(2-6-14)11-21-16(24)9-10-17-22-23-18(25-17)13-3-7-15(20)8-4-13/h1-8H,9-11H2,(H,21,24). The lowest BCUT2D eigenvalue weighted by atomic mass is 10.2. The molecule has 0 aliphatic heterocycles. The van der Waals surface area contributed by atoms with E-state index in [9.17, 15) is 13.6 Å². The van der Waals surface area contributed by atoms with E-state index in [2.05, 4.69) is 15.5 Å². The first-order chi connectivity index (χ1) is 12.1. The molecule has 128 valence electrons. The van der Waals surface area contributed by atoms with Crippen molar-refractivity contribution in [3.05, 3.63) is 71.6 Å². The summed E-state index contributed by atoms with van der Waals surface area (Å²) < 4.78 is 31.2. The third kappa shape index (κ3) is 4.69. The Morgan fingerprint density at radius 2 is 1.60 bits per heavy atom. The van der Waals surface area contributed by atoms with Gasteiger partial charge in [0.25, 0.3) is 0 Å². The summed E-state index contributed by atoms with van der Waals surface area (Å²) in [5.41, 5.74) is 1.42. The lowest BCUT2D eigenvalue weighted by Crippen LogP contribution is -2.23. The van der Waals surface area contributed by atoms with Crippen LogP contribution in [0.2, 0.25) is 0 Å². The van der Waals surface area contributed by atoms with Crippen LogP contribution >= 0.6 is 0 Å². The second-order valence-corrected chi connectivity index (χ2v) is 5.41. The fraction of sp³-hybridized carbons (Fsp3) is 0.167. The molecule has 25 heavy (non-hydrogen) atoms. The molecule has 3 aromatic rings. The van der Waals surface area contributed by atoms with E-state index in [0.717, 1.165) is 5.56 Å². The molecule has 0 radical (unpaired) electrons. The lowest BCUT2D eigenvalue weighted by Gasteiger charge is -2.04. The van der Waals surface area contributed by atoms with Gasteiger partial charge >= 0.3 is 0 Å². The Morgan fingerprint density at radius 1 is 0.960 bits per heavy atom. The van der Waals surface area contributed by atoms with Crippen LogP contribution in [0.15, 0.2) is 52.9 Å². The summed E-state index contributed by atoms with van der Waals surface area (Å²) in [4.78, 5) is 11.9. The molecule has 0 aliphatic rings. The molecule has 0 bridgehead atoms. The molecule has 0 aliphatic carbocycles. The molecule has 2 aromatic carbocycles. The third-order valence-electron chi connectivity index (χ3n) is 3.53. The van der Waals surface area contributed by atoms with Gasteiger partial charge in [-0.2, -0.15) is 0 Å². The Morgan fingerprint density at radius 3 is 2.28 bits per heavy atom. The number of rotatable bonds is 6. The maximum Gasteiger partial charge on any atom is 0.247 e. The summed E-state index contributed by atoms with van der Waals surface area (Å²) in [6.07, 6.45) is 0.482. The van der Waals surface area contributed by atoms with Crippen molar-refractivity contribution in [1.82, 2.24) is 15.5 Å². The van der Waals surface area contributed by atoms with Crippen molar-refractivity contribution < 1.29 is 18.0 Å². The van der Waals surface area contributed by atoms with E-state index in [4.69, 9.17) is 4.42 Å². The zero-order chi connectivity index (χ0) is 17.6. The van der Waals surface area contributed by atoms with Gasteiger partial charge in [0.2, 0.25) is 17.7 Å². The van der Waals surface area contributed by atoms with Crippen LogP contribution in [0.4, 0.5) is 8.78 Å². The monoisotopic (exact) mass is 343 g/mol. The number of aromatic nitrogens is 2. The summed E-state index contributed by atoms with van der Waals surface area (Å²) in [5, 5.41) is 10.5. The number of amides is 1. The molecule has 0 fully saturated rings. The van der Waals surface area contributed by atoms with Gasteiger partial charge in [-0.1, -0.05) is 12.1 Å². The number of carbonyl (C=O) groups excluding carboxylic acids is 1. The number of aryl methyl sites for hydroxylation is 1. The summed E-state index contributed by atoms with van der Waals surface area (Å²) in [6.45, 7) is 0.323. The summed E-state index contributed by atoms with van der Waals surface area (Å²) in [6, 6.07) is 11.6. The second kappa shape index (κ2) is 7.65. The summed E-state index contributed by atoms with van der Waals surface area (Å²) in [5.74, 6) is -0.228. The molecule has 0 unspecified atom stereocenters. The molecular formula is C18H15F2N3O2. The van der Waals surface area contributed by atoms with E-state index in [1.54, 1.807) is 24.3 Å². The summed E-state index contributed by atoms with van der Waals surface area (Å²) >= 11 is 0. The second-order valence-electron chi connectivity index (χ2n) is 5.41. The van der Waals surface area contributed by atoms with Gasteiger partial charge < -0.3 is 9.73 Å². The lowest BCUT2D eigenvalue weighted by molar-refractivity contribution is -0.121. The van der Waals surface area contributed by atoms with Crippen LogP contribution in [0.25, 0.3) is 11.5 Å². The zero-order valence-corrected chi connectivity index (χ0v) is 13.2. The number of nitrogens with zero attached hydrogens (tertiary/aromatic N) is 2. The van der Waals surface area contributed by atoms with Crippen LogP contribution in [0.1, 0.15) is 17.9 Å². The first kappa shape index (κ1) is 16.8. The van der Waals surface area contributed by atoms with E-state index in [1.807, 2.05) is 0 Å². The maximum absolute atomic E-state index is 12.9. The number of benzene rings is 2. The van der Waals surface area contributed by atoms with Gasteiger partial charge in [0.05, 0.1) is 0 Å². The van der Waals surface area contributed by atoms with Gasteiger partial charge in [0, 0.05) is 24.9 Å². The molecule has 1 aromatic heterocycles. The van der Waals surface area contributed by atoms with E-state index in [1.165, 1.54) is 24.3 Å². The summed E-state index contributed by atoms with van der Waals surface area (Å²) in [7, 11) is 0. The highest BCUT2D eigenvalue weighted by atomic mass is 19.1. The highest BCUT2D eigenvalue weighted by Crippen LogP contribution is 2.18. The van der Waals surface area contributed by atoms with Crippen molar-refractivity contribution in [2.45, 2.75) is 19.4 Å². The minimum atomic E-state index is -0.346. The fourth-order valence-corrected chi connectivity index (χ4v) is 2.18. The van der Waals surface area contributed by atoms with E-state index >= 15 is 0 Å². The largest absolute Gasteiger partial charge is 0.421 e. The predicted octanol–water partition coefficient (Wildman–Crippen LogP) is 3.26. The molecule has 5 nitrogen and oxygen atoms in total. The van der Waals surface area contributed by atoms with Gasteiger partial charge in [-0.3, -0.25) is 4.79 Å². The number of hydrogen-bond acceptors (Lipinski definition) is 4. The van der Waals surface area contributed by atoms with Crippen molar-refractivity contribution in [3.8, 4) is 11.5 Å². The van der Waals surface area contributed by atoms with Crippen LogP contribution in [0.3, 0.4) is 0 Å².